The van der Waals surface area contributed by atoms with E-state index >= 15 is 0 Å². The molecule has 0 aromatic heterocycles. The number of rotatable bonds is 26. The Balaban J connectivity index is 3.22. The molecule has 3 nitrogen and oxygen atoms in total. The van der Waals surface area contributed by atoms with Crippen molar-refractivity contribution in [2.24, 2.45) is 0 Å². The molecular weight excluding hydrogens is 406 g/mol. The molecule has 1 N–H and O–H groups in total. The third-order valence-electron chi connectivity index (χ3n) is 6.90. The zero-order valence-corrected chi connectivity index (χ0v) is 22.8. The maximum Gasteiger partial charge on any atom is 0.320 e. The molecule has 196 valence electrons. The predicted molar refractivity (Wildman–Crippen MR) is 146 cm³/mol. The summed E-state index contributed by atoms with van der Waals surface area (Å²) in [5.74, 6) is -0.694. The van der Waals surface area contributed by atoms with Crippen LogP contribution in [0.4, 0.5) is 0 Å². The molecule has 33 heavy (non-hydrogen) atoms. The van der Waals surface area contributed by atoms with Crippen LogP contribution in [-0.2, 0) is 4.79 Å². The third-order valence-corrected chi connectivity index (χ3v) is 6.90. The smallest absolute Gasteiger partial charge is 0.320 e. The van der Waals surface area contributed by atoms with E-state index < -0.39 is 5.97 Å². The third kappa shape index (κ3) is 24.1. The van der Waals surface area contributed by atoms with Gasteiger partial charge in [-0.1, -0.05) is 135 Å². The minimum absolute atomic E-state index is 0.324. The summed E-state index contributed by atoms with van der Waals surface area (Å²) in [6, 6.07) is -0.324. The lowest BCUT2D eigenvalue weighted by molar-refractivity contribution is -0.142. The Hall–Kier alpha value is -0.830. The van der Waals surface area contributed by atoms with Crippen LogP contribution in [0.5, 0.6) is 0 Å². The highest BCUT2D eigenvalue weighted by Crippen LogP contribution is 2.14. The van der Waals surface area contributed by atoms with Crippen molar-refractivity contribution in [3.05, 3.63) is 12.2 Å². The maximum absolute atomic E-state index is 11.2. The summed E-state index contributed by atoms with van der Waals surface area (Å²) in [6.45, 7) is 2.29. The van der Waals surface area contributed by atoms with Crippen LogP contribution in [-0.4, -0.2) is 36.1 Å². The van der Waals surface area contributed by atoms with Crippen molar-refractivity contribution in [1.29, 1.82) is 0 Å². The van der Waals surface area contributed by atoms with Gasteiger partial charge in [0.05, 0.1) is 0 Å². The molecule has 3 heteroatoms. The quantitative estimate of drug-likeness (QED) is 0.102. The number of carbonyl (C=O) groups is 1. The zero-order chi connectivity index (χ0) is 24.4. The number of allylic oxidation sites excluding steroid dienone is 2. The molecule has 0 aliphatic rings. The Labute approximate surface area is 207 Å². The molecular formula is C30H59NO2. The highest BCUT2D eigenvalue weighted by Gasteiger charge is 2.18. The molecule has 0 radical (unpaired) electrons. The average Bonchev–Trinajstić information content (AvgIpc) is 2.78. The number of carboxylic acid groups (broad SMARTS) is 1. The van der Waals surface area contributed by atoms with Crippen LogP contribution in [0.15, 0.2) is 12.2 Å². The predicted octanol–water partition coefficient (Wildman–Crippen LogP) is 9.55. The van der Waals surface area contributed by atoms with E-state index in [1.165, 1.54) is 128 Å². The number of carboxylic acids is 1. The van der Waals surface area contributed by atoms with E-state index in [0.717, 1.165) is 19.3 Å². The van der Waals surface area contributed by atoms with Crippen LogP contribution in [0.2, 0.25) is 0 Å². The highest BCUT2D eigenvalue weighted by atomic mass is 16.4. The van der Waals surface area contributed by atoms with Crippen molar-refractivity contribution >= 4 is 5.97 Å². The molecule has 0 aromatic rings. The normalized spacial score (nSPS) is 12.7. The van der Waals surface area contributed by atoms with E-state index in [1.807, 2.05) is 19.0 Å². The summed E-state index contributed by atoms with van der Waals surface area (Å²) in [5, 5.41) is 9.18. The van der Waals surface area contributed by atoms with Crippen LogP contribution in [0.3, 0.4) is 0 Å². The number of likely N-dealkylation sites (N-methyl/N-ethyl adjacent to an activating group) is 1. The van der Waals surface area contributed by atoms with Gasteiger partial charge in [-0.15, -0.1) is 0 Å². The maximum atomic E-state index is 11.2. The summed E-state index contributed by atoms with van der Waals surface area (Å²) >= 11 is 0. The van der Waals surface area contributed by atoms with Crippen molar-refractivity contribution in [3.8, 4) is 0 Å². The molecule has 0 fully saturated rings. The second kappa shape index (κ2) is 25.8. The van der Waals surface area contributed by atoms with Crippen LogP contribution in [0, 0.1) is 0 Å². The van der Waals surface area contributed by atoms with Gasteiger partial charge in [0.1, 0.15) is 6.04 Å². The largest absolute Gasteiger partial charge is 0.480 e. The summed E-state index contributed by atoms with van der Waals surface area (Å²) in [4.78, 5) is 13.0. The Kier molecular flexibility index (Phi) is 25.1. The fourth-order valence-corrected chi connectivity index (χ4v) is 4.60. The van der Waals surface area contributed by atoms with Gasteiger partial charge in [-0.25, -0.2) is 0 Å². The molecule has 1 atom stereocenters. The van der Waals surface area contributed by atoms with Crippen molar-refractivity contribution in [2.75, 3.05) is 14.1 Å². The topological polar surface area (TPSA) is 40.5 Å². The summed E-state index contributed by atoms with van der Waals surface area (Å²) < 4.78 is 0. The van der Waals surface area contributed by atoms with Crippen molar-refractivity contribution < 1.29 is 9.90 Å². The molecule has 0 bridgehead atoms. The highest BCUT2D eigenvalue weighted by molar-refractivity contribution is 5.73. The van der Waals surface area contributed by atoms with Gasteiger partial charge in [0, 0.05) is 0 Å². The molecule has 0 aliphatic carbocycles. The number of hydrogen-bond acceptors (Lipinski definition) is 2. The number of hydrogen-bond donors (Lipinski definition) is 1. The van der Waals surface area contributed by atoms with Gasteiger partial charge in [0.25, 0.3) is 0 Å². The first-order chi connectivity index (χ1) is 16.1. The molecule has 0 saturated heterocycles. The van der Waals surface area contributed by atoms with E-state index in [4.69, 9.17) is 0 Å². The van der Waals surface area contributed by atoms with E-state index in [2.05, 4.69) is 19.1 Å². The van der Waals surface area contributed by atoms with E-state index in [9.17, 15) is 9.90 Å². The fraction of sp³-hybridized carbons (Fsp3) is 0.900. The van der Waals surface area contributed by atoms with Crippen molar-refractivity contribution in [1.82, 2.24) is 4.90 Å². The minimum atomic E-state index is -0.694. The van der Waals surface area contributed by atoms with E-state index in [1.54, 1.807) is 0 Å². The molecule has 0 saturated carbocycles. The second-order valence-corrected chi connectivity index (χ2v) is 10.4. The standard InChI is InChI=1S/C30H59NO2/c1-4-5-6-7-8-9-10-11-12-13-14-15-16-17-18-19-20-21-22-23-24-25-26-27-28-29(30(32)33)31(2)3/h19-20,29H,4-18,21-28H2,1-3H3,(H,32,33). The van der Waals surface area contributed by atoms with E-state index in [0.29, 0.717) is 0 Å². The van der Waals surface area contributed by atoms with Gasteiger partial charge in [-0.05, 0) is 46.2 Å². The average molecular weight is 466 g/mol. The van der Waals surface area contributed by atoms with Gasteiger partial charge in [-0.2, -0.15) is 0 Å². The molecule has 1 unspecified atom stereocenters. The van der Waals surface area contributed by atoms with Crippen LogP contribution in [0.25, 0.3) is 0 Å². The Morgan fingerprint density at radius 2 is 0.939 bits per heavy atom. The second-order valence-electron chi connectivity index (χ2n) is 10.4. The molecule has 0 aromatic carbocycles. The summed E-state index contributed by atoms with van der Waals surface area (Å²) in [7, 11) is 3.71. The van der Waals surface area contributed by atoms with Crippen LogP contribution >= 0.6 is 0 Å². The Morgan fingerprint density at radius 3 is 1.27 bits per heavy atom. The molecule has 0 spiro atoms. The van der Waals surface area contributed by atoms with Gasteiger partial charge in [-0.3, -0.25) is 9.69 Å². The summed E-state index contributed by atoms with van der Waals surface area (Å²) in [6.07, 6.45) is 35.4. The minimum Gasteiger partial charge on any atom is -0.480 e. The number of unbranched alkanes of at least 4 members (excludes halogenated alkanes) is 20. The fourth-order valence-electron chi connectivity index (χ4n) is 4.60. The van der Waals surface area contributed by atoms with E-state index in [-0.39, 0.29) is 6.04 Å². The lowest BCUT2D eigenvalue weighted by Gasteiger charge is -2.19. The number of nitrogens with zero attached hydrogens (tertiary/aromatic N) is 1. The molecule has 0 aliphatic heterocycles. The summed E-state index contributed by atoms with van der Waals surface area (Å²) in [5.41, 5.74) is 0. The van der Waals surface area contributed by atoms with Gasteiger partial charge < -0.3 is 5.11 Å². The molecule has 0 amide bonds. The molecule has 0 heterocycles. The SMILES string of the molecule is CCCCCCCCCCCCCCCCC=CCCCCCCCCC(C(=O)O)N(C)C. The van der Waals surface area contributed by atoms with Crippen molar-refractivity contribution in [2.45, 2.75) is 161 Å². The lowest BCUT2D eigenvalue weighted by atomic mass is 10.0. The van der Waals surface area contributed by atoms with Crippen LogP contribution in [0.1, 0.15) is 155 Å². The van der Waals surface area contributed by atoms with Crippen molar-refractivity contribution in [3.63, 3.8) is 0 Å². The van der Waals surface area contributed by atoms with Gasteiger partial charge in [0.2, 0.25) is 0 Å². The zero-order valence-electron chi connectivity index (χ0n) is 22.8. The first-order valence-corrected chi connectivity index (χ1v) is 14.6. The Morgan fingerprint density at radius 1 is 0.606 bits per heavy atom. The molecule has 0 rings (SSSR count). The monoisotopic (exact) mass is 465 g/mol. The first-order valence-electron chi connectivity index (χ1n) is 14.6. The van der Waals surface area contributed by atoms with Crippen LogP contribution < -0.4 is 0 Å². The van der Waals surface area contributed by atoms with Gasteiger partial charge >= 0.3 is 5.97 Å². The van der Waals surface area contributed by atoms with Gasteiger partial charge in [0.15, 0.2) is 0 Å². The first kappa shape index (κ1) is 32.2. The lowest BCUT2D eigenvalue weighted by Crippen LogP contribution is -2.35. The number of aliphatic carboxylic acids is 1. The Bertz CT molecular complexity index is 433.